The molecule has 1 aliphatic carbocycles. The molecule has 2 aliphatic rings. The minimum absolute atomic E-state index is 0.0788. The number of rotatable bonds is 3. The van der Waals surface area contributed by atoms with Gasteiger partial charge in [0.15, 0.2) is 5.82 Å². The Kier molecular flexibility index (Phi) is 4.08. The van der Waals surface area contributed by atoms with Crippen LogP contribution >= 0.6 is 0 Å². The Bertz CT molecular complexity index is 855. The molecule has 0 radical (unpaired) electrons. The number of carbonyl (C=O) groups is 1. The SMILES string of the molecule is O=C(NO)c1nc(O)c(F)c(C2CCCC3(CC3)O2)c1-c1cccnc1. The van der Waals surface area contributed by atoms with E-state index in [0.29, 0.717) is 12.0 Å². The van der Waals surface area contributed by atoms with Crippen molar-refractivity contribution in [1.29, 1.82) is 0 Å². The predicted molar refractivity (Wildman–Crippen MR) is 88.0 cm³/mol. The zero-order chi connectivity index (χ0) is 18.3. The van der Waals surface area contributed by atoms with Crippen LogP contribution in [0.3, 0.4) is 0 Å². The number of amides is 1. The number of hydrogen-bond acceptors (Lipinski definition) is 6. The molecule has 0 bridgehead atoms. The van der Waals surface area contributed by atoms with Gasteiger partial charge in [0, 0.05) is 29.1 Å². The Labute approximate surface area is 148 Å². The fourth-order valence-electron chi connectivity index (χ4n) is 3.63. The van der Waals surface area contributed by atoms with E-state index in [4.69, 9.17) is 9.94 Å². The first kappa shape index (κ1) is 16.9. The molecule has 4 rings (SSSR count). The Morgan fingerprint density at radius 1 is 1.38 bits per heavy atom. The van der Waals surface area contributed by atoms with Crippen molar-refractivity contribution in [3.05, 3.63) is 41.6 Å². The van der Waals surface area contributed by atoms with Crippen LogP contribution < -0.4 is 5.48 Å². The van der Waals surface area contributed by atoms with Crippen molar-refractivity contribution < 1.29 is 24.2 Å². The van der Waals surface area contributed by atoms with E-state index in [-0.39, 0.29) is 22.4 Å². The molecule has 1 saturated carbocycles. The van der Waals surface area contributed by atoms with Gasteiger partial charge in [0.1, 0.15) is 5.69 Å². The summed E-state index contributed by atoms with van der Waals surface area (Å²) in [5.41, 5.74) is 1.69. The van der Waals surface area contributed by atoms with Crippen LogP contribution in [0.1, 0.15) is 54.3 Å². The van der Waals surface area contributed by atoms with Crippen LogP contribution in [0.2, 0.25) is 0 Å². The third-order valence-corrected chi connectivity index (χ3v) is 5.04. The van der Waals surface area contributed by atoms with E-state index in [1.807, 2.05) is 0 Å². The number of nitrogens with zero attached hydrogens (tertiary/aromatic N) is 2. The minimum Gasteiger partial charge on any atom is -0.491 e. The lowest BCUT2D eigenvalue weighted by Crippen LogP contribution is -2.27. The highest BCUT2D eigenvalue weighted by atomic mass is 19.1. The first-order valence-corrected chi connectivity index (χ1v) is 8.50. The molecule has 1 amide bonds. The van der Waals surface area contributed by atoms with Crippen molar-refractivity contribution in [2.75, 3.05) is 0 Å². The standard InChI is InChI=1S/C18H18FN3O4/c19-14-13(11-4-1-5-18(26-11)6-7-18)12(10-3-2-8-20-9-10)15(17(24)22-25)21-16(14)23/h2-3,8-9,11,25H,1,4-7H2,(H,21,23)(H,22,24). The van der Waals surface area contributed by atoms with Crippen LogP contribution in [0.5, 0.6) is 5.88 Å². The first-order chi connectivity index (χ1) is 12.5. The molecule has 2 aromatic heterocycles. The third kappa shape index (κ3) is 2.81. The van der Waals surface area contributed by atoms with Gasteiger partial charge >= 0.3 is 0 Å². The normalized spacial score (nSPS) is 20.8. The van der Waals surface area contributed by atoms with Crippen LogP contribution in [0.15, 0.2) is 24.5 Å². The predicted octanol–water partition coefficient (Wildman–Crippen LogP) is 2.88. The summed E-state index contributed by atoms with van der Waals surface area (Å²) in [7, 11) is 0. The first-order valence-electron chi connectivity index (χ1n) is 8.50. The molecule has 1 saturated heterocycles. The number of hydrogen-bond donors (Lipinski definition) is 3. The molecule has 2 fully saturated rings. The molecule has 3 heterocycles. The number of hydroxylamine groups is 1. The van der Waals surface area contributed by atoms with Gasteiger partial charge in [-0.3, -0.25) is 15.0 Å². The van der Waals surface area contributed by atoms with Crippen LogP contribution in [0, 0.1) is 5.82 Å². The van der Waals surface area contributed by atoms with Crippen LogP contribution in [-0.4, -0.2) is 31.8 Å². The van der Waals surface area contributed by atoms with E-state index < -0.39 is 23.7 Å². The van der Waals surface area contributed by atoms with Crippen LogP contribution in [0.4, 0.5) is 4.39 Å². The van der Waals surface area contributed by atoms with Crippen molar-refractivity contribution >= 4 is 5.91 Å². The molecular formula is C18H18FN3O4. The number of halogens is 1. The second-order valence-corrected chi connectivity index (χ2v) is 6.75. The number of ether oxygens (including phenoxy) is 1. The van der Waals surface area contributed by atoms with Gasteiger partial charge in [0.2, 0.25) is 5.88 Å². The van der Waals surface area contributed by atoms with Gasteiger partial charge in [-0.2, -0.15) is 0 Å². The maximum atomic E-state index is 14.9. The molecule has 3 N–H and O–H groups in total. The van der Waals surface area contributed by atoms with Crippen molar-refractivity contribution in [3.8, 4) is 17.0 Å². The Morgan fingerprint density at radius 3 is 2.85 bits per heavy atom. The molecule has 1 unspecified atom stereocenters. The van der Waals surface area contributed by atoms with Crippen LogP contribution in [0.25, 0.3) is 11.1 Å². The monoisotopic (exact) mass is 359 g/mol. The van der Waals surface area contributed by atoms with Crippen molar-refractivity contribution in [2.45, 2.75) is 43.8 Å². The second kappa shape index (κ2) is 6.30. The zero-order valence-corrected chi connectivity index (χ0v) is 13.9. The van der Waals surface area contributed by atoms with E-state index in [2.05, 4.69) is 9.97 Å². The van der Waals surface area contributed by atoms with E-state index in [9.17, 15) is 14.3 Å². The molecular weight excluding hydrogens is 341 g/mol. The number of aromatic hydroxyl groups is 1. The number of nitrogens with one attached hydrogen (secondary N) is 1. The van der Waals surface area contributed by atoms with Gasteiger partial charge in [-0.05, 0) is 38.2 Å². The molecule has 1 spiro atoms. The summed E-state index contributed by atoms with van der Waals surface area (Å²) in [6.07, 6.45) is 6.62. The summed E-state index contributed by atoms with van der Waals surface area (Å²) in [6, 6.07) is 3.31. The second-order valence-electron chi connectivity index (χ2n) is 6.75. The lowest BCUT2D eigenvalue weighted by atomic mass is 9.90. The Hall–Kier alpha value is -2.58. The summed E-state index contributed by atoms with van der Waals surface area (Å²) < 4.78 is 21.1. The van der Waals surface area contributed by atoms with Crippen molar-refractivity contribution in [3.63, 3.8) is 0 Å². The maximum absolute atomic E-state index is 14.9. The summed E-state index contributed by atoms with van der Waals surface area (Å²) in [5, 5.41) is 19.0. The van der Waals surface area contributed by atoms with Crippen molar-refractivity contribution in [2.24, 2.45) is 0 Å². The third-order valence-electron chi connectivity index (χ3n) is 5.04. The minimum atomic E-state index is -0.947. The molecule has 7 nitrogen and oxygen atoms in total. The molecule has 1 aliphatic heterocycles. The van der Waals surface area contributed by atoms with Gasteiger partial charge in [-0.15, -0.1) is 0 Å². The molecule has 136 valence electrons. The molecule has 2 aromatic rings. The van der Waals surface area contributed by atoms with Gasteiger partial charge in [0.25, 0.3) is 5.91 Å². The van der Waals surface area contributed by atoms with Crippen LogP contribution in [-0.2, 0) is 4.74 Å². The van der Waals surface area contributed by atoms with Gasteiger partial charge < -0.3 is 9.84 Å². The van der Waals surface area contributed by atoms with E-state index >= 15 is 0 Å². The summed E-state index contributed by atoms with van der Waals surface area (Å²) in [4.78, 5) is 19.8. The smallest absolute Gasteiger partial charge is 0.294 e. The number of pyridine rings is 2. The lowest BCUT2D eigenvalue weighted by molar-refractivity contribution is -0.0705. The lowest BCUT2D eigenvalue weighted by Gasteiger charge is -2.32. The molecule has 26 heavy (non-hydrogen) atoms. The number of carbonyl (C=O) groups excluding carboxylic acids is 1. The highest BCUT2D eigenvalue weighted by Gasteiger charge is 2.48. The van der Waals surface area contributed by atoms with Gasteiger partial charge in [0.05, 0.1) is 11.7 Å². The van der Waals surface area contributed by atoms with Crippen molar-refractivity contribution in [1.82, 2.24) is 15.4 Å². The zero-order valence-electron chi connectivity index (χ0n) is 13.9. The van der Waals surface area contributed by atoms with E-state index in [0.717, 1.165) is 25.7 Å². The maximum Gasteiger partial charge on any atom is 0.294 e. The quantitative estimate of drug-likeness (QED) is 0.575. The summed E-state index contributed by atoms with van der Waals surface area (Å²) >= 11 is 0. The Balaban J connectivity index is 1.93. The highest BCUT2D eigenvalue weighted by molar-refractivity contribution is 5.99. The summed E-state index contributed by atoms with van der Waals surface area (Å²) in [6.45, 7) is 0. The largest absolute Gasteiger partial charge is 0.491 e. The molecule has 0 aromatic carbocycles. The van der Waals surface area contributed by atoms with Gasteiger partial charge in [-0.25, -0.2) is 14.9 Å². The average Bonchev–Trinajstić information content (AvgIpc) is 3.41. The van der Waals surface area contributed by atoms with E-state index in [1.165, 1.54) is 11.7 Å². The highest BCUT2D eigenvalue weighted by Crippen LogP contribution is 2.53. The summed E-state index contributed by atoms with van der Waals surface area (Å²) in [5.74, 6) is -2.76. The number of aromatic nitrogens is 2. The molecule has 1 atom stereocenters. The Morgan fingerprint density at radius 2 is 2.19 bits per heavy atom. The average molecular weight is 359 g/mol. The van der Waals surface area contributed by atoms with E-state index in [1.54, 1.807) is 18.3 Å². The molecule has 8 heteroatoms. The van der Waals surface area contributed by atoms with Gasteiger partial charge in [-0.1, -0.05) is 6.07 Å². The fourth-order valence-corrected chi connectivity index (χ4v) is 3.63. The fraction of sp³-hybridized carbons (Fsp3) is 0.389. The topological polar surface area (TPSA) is 105 Å².